The molecule has 0 amide bonds. The molecule has 2 aromatic rings. The molecule has 22 heavy (non-hydrogen) atoms. The number of benzene rings is 2. The van der Waals surface area contributed by atoms with Crippen molar-refractivity contribution in [2.75, 3.05) is 0 Å². The van der Waals surface area contributed by atoms with E-state index in [2.05, 4.69) is 34.7 Å². The van der Waals surface area contributed by atoms with E-state index in [-0.39, 0.29) is 4.47 Å². The Morgan fingerprint density at radius 1 is 0.955 bits per heavy atom. The molecule has 0 nitrogen and oxygen atoms in total. The molecule has 0 radical (unpaired) electrons. The van der Waals surface area contributed by atoms with Gasteiger partial charge in [-0.1, -0.05) is 53.2 Å². The Morgan fingerprint density at radius 2 is 1.55 bits per heavy atom. The third-order valence-corrected chi connectivity index (χ3v) is 3.81. The molecule has 2 rings (SSSR count). The molecule has 0 atom stereocenters. The second kappa shape index (κ2) is 7.02. The van der Waals surface area contributed by atoms with Gasteiger partial charge in [-0.25, -0.2) is 0 Å². The quantitative estimate of drug-likeness (QED) is 0.587. The van der Waals surface area contributed by atoms with Gasteiger partial charge in [0.1, 0.15) is 0 Å². The van der Waals surface area contributed by atoms with Crippen LogP contribution in [-0.4, -0.2) is 0 Å². The second-order valence-corrected chi connectivity index (χ2v) is 5.74. The van der Waals surface area contributed by atoms with Crippen LogP contribution in [0.4, 0.5) is 13.2 Å². The SMILES string of the molecule is CCCc1ccc(C#Cc2ccc(Br)c(C(F)(F)F)c2)cc1. The summed E-state index contributed by atoms with van der Waals surface area (Å²) in [5, 5.41) is 0. The Bertz CT molecular complexity index is 704. The zero-order valence-corrected chi connectivity index (χ0v) is 13.6. The third kappa shape index (κ3) is 4.38. The Hall–Kier alpha value is -1.73. The average Bonchev–Trinajstić information content (AvgIpc) is 2.47. The van der Waals surface area contributed by atoms with E-state index >= 15 is 0 Å². The maximum atomic E-state index is 12.8. The fraction of sp³-hybridized carbons (Fsp3) is 0.222. The minimum absolute atomic E-state index is 0.0227. The zero-order valence-electron chi connectivity index (χ0n) is 12.0. The topological polar surface area (TPSA) is 0 Å². The molecule has 0 aliphatic carbocycles. The molecule has 0 aliphatic rings. The Kier molecular flexibility index (Phi) is 5.31. The number of halogens is 4. The van der Waals surface area contributed by atoms with Crippen molar-refractivity contribution >= 4 is 15.9 Å². The van der Waals surface area contributed by atoms with Crippen LogP contribution in [0.15, 0.2) is 46.9 Å². The fourth-order valence-corrected chi connectivity index (χ4v) is 2.48. The predicted molar refractivity (Wildman–Crippen MR) is 85.6 cm³/mol. The number of hydrogen-bond donors (Lipinski definition) is 0. The van der Waals surface area contributed by atoms with Gasteiger partial charge in [-0.3, -0.25) is 0 Å². The smallest absolute Gasteiger partial charge is 0.166 e. The molecule has 0 saturated heterocycles. The minimum Gasteiger partial charge on any atom is -0.166 e. The predicted octanol–water partition coefficient (Wildman–Crippen LogP) is 5.82. The van der Waals surface area contributed by atoms with Gasteiger partial charge in [0.15, 0.2) is 0 Å². The first kappa shape index (κ1) is 16.6. The molecule has 0 aliphatic heterocycles. The first-order chi connectivity index (χ1) is 10.4. The molecule has 0 unspecified atom stereocenters. The molecule has 0 saturated carbocycles. The average molecular weight is 367 g/mol. The van der Waals surface area contributed by atoms with Crippen molar-refractivity contribution in [3.05, 3.63) is 69.2 Å². The monoisotopic (exact) mass is 366 g/mol. The van der Waals surface area contributed by atoms with Crippen LogP contribution >= 0.6 is 15.9 Å². The highest BCUT2D eigenvalue weighted by atomic mass is 79.9. The number of alkyl halides is 3. The van der Waals surface area contributed by atoms with E-state index in [4.69, 9.17) is 0 Å². The Morgan fingerprint density at radius 3 is 2.14 bits per heavy atom. The van der Waals surface area contributed by atoms with Gasteiger partial charge < -0.3 is 0 Å². The highest BCUT2D eigenvalue weighted by Crippen LogP contribution is 2.35. The summed E-state index contributed by atoms with van der Waals surface area (Å²) in [5.74, 6) is 5.68. The normalized spacial score (nSPS) is 11.0. The van der Waals surface area contributed by atoms with Gasteiger partial charge in [-0.2, -0.15) is 13.2 Å². The number of hydrogen-bond acceptors (Lipinski definition) is 0. The molecule has 4 heteroatoms. The largest absolute Gasteiger partial charge is 0.417 e. The van der Waals surface area contributed by atoms with Crippen molar-refractivity contribution in [3.8, 4) is 11.8 Å². The van der Waals surface area contributed by atoms with Gasteiger partial charge >= 0.3 is 6.18 Å². The standard InChI is InChI=1S/C18H14BrF3/c1-2-3-13-4-6-14(7-5-13)8-9-15-10-11-17(19)16(12-15)18(20,21)22/h4-7,10-12H,2-3H2,1H3. The van der Waals surface area contributed by atoms with Crippen LogP contribution in [0.1, 0.15) is 35.6 Å². The van der Waals surface area contributed by atoms with Gasteiger partial charge in [0.2, 0.25) is 0 Å². The summed E-state index contributed by atoms with van der Waals surface area (Å²) in [7, 11) is 0. The molecule has 2 aromatic carbocycles. The van der Waals surface area contributed by atoms with E-state index in [9.17, 15) is 13.2 Å². The molecular formula is C18H14BrF3. The van der Waals surface area contributed by atoms with Crippen LogP contribution in [0, 0.1) is 11.8 Å². The van der Waals surface area contributed by atoms with E-state index in [1.165, 1.54) is 11.6 Å². The van der Waals surface area contributed by atoms with Gasteiger partial charge in [-0.15, -0.1) is 0 Å². The highest BCUT2D eigenvalue weighted by molar-refractivity contribution is 9.10. The maximum Gasteiger partial charge on any atom is 0.417 e. The Balaban J connectivity index is 2.25. The van der Waals surface area contributed by atoms with E-state index in [0.29, 0.717) is 5.56 Å². The molecule has 0 spiro atoms. The molecule has 0 fully saturated rings. The van der Waals surface area contributed by atoms with Crippen LogP contribution in [0.2, 0.25) is 0 Å². The third-order valence-electron chi connectivity index (χ3n) is 3.12. The van der Waals surface area contributed by atoms with E-state index in [1.807, 2.05) is 24.3 Å². The fourth-order valence-electron chi connectivity index (χ4n) is 2.01. The van der Waals surface area contributed by atoms with Gasteiger partial charge in [0.05, 0.1) is 5.56 Å². The van der Waals surface area contributed by atoms with E-state index in [0.717, 1.165) is 24.5 Å². The van der Waals surface area contributed by atoms with Crippen molar-refractivity contribution in [1.29, 1.82) is 0 Å². The van der Waals surface area contributed by atoms with Crippen LogP contribution in [0.25, 0.3) is 0 Å². The van der Waals surface area contributed by atoms with Crippen LogP contribution in [0.5, 0.6) is 0 Å². The molecule has 0 aromatic heterocycles. The summed E-state index contributed by atoms with van der Waals surface area (Å²) in [5.41, 5.74) is 1.65. The van der Waals surface area contributed by atoms with Crippen molar-refractivity contribution in [1.82, 2.24) is 0 Å². The second-order valence-electron chi connectivity index (χ2n) is 4.89. The summed E-state index contributed by atoms with van der Waals surface area (Å²) in [6.07, 6.45) is -2.31. The molecule has 0 bridgehead atoms. The Labute approximate surface area is 136 Å². The van der Waals surface area contributed by atoms with Crippen LogP contribution < -0.4 is 0 Å². The van der Waals surface area contributed by atoms with Gasteiger partial charge in [-0.05, 0) is 42.3 Å². The number of rotatable bonds is 2. The molecular weight excluding hydrogens is 353 g/mol. The van der Waals surface area contributed by atoms with Crippen LogP contribution in [0.3, 0.4) is 0 Å². The lowest BCUT2D eigenvalue weighted by molar-refractivity contribution is -0.138. The van der Waals surface area contributed by atoms with E-state index in [1.54, 1.807) is 6.07 Å². The first-order valence-corrected chi connectivity index (χ1v) is 7.67. The maximum absolute atomic E-state index is 12.8. The zero-order chi connectivity index (χ0) is 16.2. The van der Waals surface area contributed by atoms with Crippen molar-refractivity contribution in [2.45, 2.75) is 25.9 Å². The summed E-state index contributed by atoms with van der Waals surface area (Å²) in [4.78, 5) is 0. The van der Waals surface area contributed by atoms with E-state index < -0.39 is 11.7 Å². The lowest BCUT2D eigenvalue weighted by Gasteiger charge is -2.08. The number of aryl methyl sites for hydroxylation is 1. The van der Waals surface area contributed by atoms with Crippen molar-refractivity contribution in [3.63, 3.8) is 0 Å². The van der Waals surface area contributed by atoms with Crippen molar-refractivity contribution < 1.29 is 13.2 Å². The molecule has 114 valence electrons. The van der Waals surface area contributed by atoms with Crippen molar-refractivity contribution in [2.24, 2.45) is 0 Å². The molecule has 0 N–H and O–H groups in total. The summed E-state index contributed by atoms with van der Waals surface area (Å²) >= 11 is 2.92. The molecule has 0 heterocycles. The summed E-state index contributed by atoms with van der Waals surface area (Å²) in [6, 6.07) is 11.8. The first-order valence-electron chi connectivity index (χ1n) is 6.88. The summed E-state index contributed by atoms with van der Waals surface area (Å²) in [6.45, 7) is 2.11. The van der Waals surface area contributed by atoms with Gasteiger partial charge in [0.25, 0.3) is 0 Å². The summed E-state index contributed by atoms with van der Waals surface area (Å²) < 4.78 is 38.5. The lowest BCUT2D eigenvalue weighted by atomic mass is 10.1. The van der Waals surface area contributed by atoms with Crippen LogP contribution in [-0.2, 0) is 12.6 Å². The highest BCUT2D eigenvalue weighted by Gasteiger charge is 2.32. The van der Waals surface area contributed by atoms with Gasteiger partial charge in [0, 0.05) is 15.6 Å². The lowest BCUT2D eigenvalue weighted by Crippen LogP contribution is -2.06. The minimum atomic E-state index is -4.39.